The average Bonchev–Trinajstić information content (AvgIpc) is 2.59. The molecule has 0 unspecified atom stereocenters. The van der Waals surface area contributed by atoms with Crippen LogP contribution in [0.25, 0.3) is 0 Å². The maximum absolute atomic E-state index is 12.7. The van der Waals surface area contributed by atoms with Crippen molar-refractivity contribution >= 4 is 5.91 Å². The van der Waals surface area contributed by atoms with Crippen LogP contribution in [0.1, 0.15) is 18.4 Å². The van der Waals surface area contributed by atoms with Gasteiger partial charge in [0.05, 0.1) is 18.2 Å². The molecule has 24 heavy (non-hydrogen) atoms. The van der Waals surface area contributed by atoms with Crippen LogP contribution in [0.15, 0.2) is 24.3 Å². The van der Waals surface area contributed by atoms with Crippen LogP contribution in [0.4, 0.5) is 0 Å². The molecule has 6 nitrogen and oxygen atoms in total. The van der Waals surface area contributed by atoms with Gasteiger partial charge in [-0.2, -0.15) is 0 Å². The normalized spacial score (nSPS) is 22.5. The van der Waals surface area contributed by atoms with Crippen molar-refractivity contribution in [2.45, 2.75) is 30.9 Å². The molecule has 0 aliphatic carbocycles. The molecule has 1 amide bonds. The molecule has 0 bridgehead atoms. The Kier molecular flexibility index (Phi) is 5.08. The molecule has 0 saturated carbocycles. The van der Waals surface area contributed by atoms with E-state index in [9.17, 15) is 9.90 Å². The number of nitrogens with zero attached hydrogens (tertiary/aromatic N) is 2. The van der Waals surface area contributed by atoms with Crippen molar-refractivity contribution in [3.05, 3.63) is 29.8 Å². The molecule has 0 radical (unpaired) electrons. The molecule has 2 fully saturated rings. The van der Waals surface area contributed by atoms with Gasteiger partial charge in [-0.3, -0.25) is 4.79 Å². The van der Waals surface area contributed by atoms with Crippen molar-refractivity contribution in [2.24, 2.45) is 5.73 Å². The van der Waals surface area contributed by atoms with Gasteiger partial charge in [0, 0.05) is 26.2 Å². The third-order valence-electron chi connectivity index (χ3n) is 5.17. The molecule has 1 atom stereocenters. The Morgan fingerprint density at radius 1 is 1.29 bits per heavy atom. The van der Waals surface area contributed by atoms with Gasteiger partial charge in [0.2, 0.25) is 5.91 Å². The minimum atomic E-state index is -0.559. The Bertz CT molecular complexity index is 567. The van der Waals surface area contributed by atoms with Crippen LogP contribution in [-0.4, -0.2) is 72.3 Å². The number of piperidine rings is 1. The molecule has 1 aromatic carbocycles. The molecule has 0 aromatic heterocycles. The number of carbonyl (C=O) groups excluding carboxylic acids is 1. The van der Waals surface area contributed by atoms with Crippen LogP contribution in [0.2, 0.25) is 0 Å². The summed E-state index contributed by atoms with van der Waals surface area (Å²) in [6.45, 7) is 3.84. The quantitative estimate of drug-likeness (QED) is 0.846. The maximum Gasteiger partial charge on any atom is 0.240 e. The number of rotatable bonds is 3. The fraction of sp³-hybridized carbons (Fsp3) is 0.611. The van der Waals surface area contributed by atoms with E-state index in [0.29, 0.717) is 26.1 Å². The van der Waals surface area contributed by atoms with Crippen molar-refractivity contribution in [3.63, 3.8) is 0 Å². The van der Waals surface area contributed by atoms with Gasteiger partial charge in [-0.25, -0.2) is 0 Å². The number of aromatic hydroxyl groups is 1. The smallest absolute Gasteiger partial charge is 0.240 e. The first kappa shape index (κ1) is 17.2. The minimum absolute atomic E-state index is 0.00956. The Labute approximate surface area is 143 Å². The van der Waals surface area contributed by atoms with Gasteiger partial charge in [-0.1, -0.05) is 12.1 Å². The lowest BCUT2D eigenvalue weighted by Gasteiger charge is -2.47. The summed E-state index contributed by atoms with van der Waals surface area (Å²) in [6, 6.07) is 6.29. The van der Waals surface area contributed by atoms with E-state index < -0.39 is 6.04 Å². The molecule has 2 heterocycles. The van der Waals surface area contributed by atoms with Gasteiger partial charge in [0.1, 0.15) is 5.75 Å². The zero-order valence-corrected chi connectivity index (χ0v) is 14.3. The Balaban J connectivity index is 1.60. The van der Waals surface area contributed by atoms with E-state index in [1.807, 2.05) is 4.90 Å². The number of phenolic OH excluding ortho intramolecular Hbond substituents is 1. The fourth-order valence-electron chi connectivity index (χ4n) is 3.57. The molecular formula is C18H27N3O3. The molecule has 1 spiro atoms. The third kappa shape index (κ3) is 3.88. The number of nitrogens with two attached hydrogens (primary N) is 1. The monoisotopic (exact) mass is 333 g/mol. The van der Waals surface area contributed by atoms with Crippen molar-refractivity contribution in [1.82, 2.24) is 9.80 Å². The van der Waals surface area contributed by atoms with Crippen LogP contribution in [0.3, 0.4) is 0 Å². The molecule has 6 heteroatoms. The standard InChI is InChI=1S/C18H27N3O3/c1-20-8-6-18(7-9-20)13-21(10-11-24-18)17(23)16(19)12-14-2-4-15(22)5-3-14/h2-5,16,22H,6-13,19H2,1H3/t16-/m0/s1. The molecule has 3 rings (SSSR count). The number of phenols is 1. The van der Waals surface area contributed by atoms with Crippen molar-refractivity contribution < 1.29 is 14.6 Å². The Morgan fingerprint density at radius 3 is 2.62 bits per heavy atom. The summed E-state index contributed by atoms with van der Waals surface area (Å²) in [4.78, 5) is 16.9. The van der Waals surface area contributed by atoms with Gasteiger partial charge in [0.15, 0.2) is 0 Å². The van der Waals surface area contributed by atoms with Gasteiger partial charge >= 0.3 is 0 Å². The first-order valence-electron chi connectivity index (χ1n) is 8.62. The summed E-state index contributed by atoms with van der Waals surface area (Å²) in [5, 5.41) is 9.34. The summed E-state index contributed by atoms with van der Waals surface area (Å²) in [5.74, 6) is 0.209. The van der Waals surface area contributed by atoms with E-state index in [0.717, 1.165) is 31.5 Å². The van der Waals surface area contributed by atoms with Gasteiger partial charge in [0.25, 0.3) is 0 Å². The number of hydrogen-bond donors (Lipinski definition) is 2. The SMILES string of the molecule is CN1CCC2(CC1)CN(C(=O)[C@@H](N)Cc1ccc(O)cc1)CCO2. The highest BCUT2D eigenvalue weighted by Crippen LogP contribution is 2.30. The summed E-state index contributed by atoms with van der Waals surface area (Å²) in [5.41, 5.74) is 6.91. The van der Waals surface area contributed by atoms with E-state index in [4.69, 9.17) is 10.5 Å². The number of morpholine rings is 1. The second kappa shape index (κ2) is 7.09. The number of benzene rings is 1. The van der Waals surface area contributed by atoms with Gasteiger partial charge < -0.3 is 25.4 Å². The highest BCUT2D eigenvalue weighted by molar-refractivity contribution is 5.82. The minimum Gasteiger partial charge on any atom is -0.508 e. The lowest BCUT2D eigenvalue weighted by molar-refractivity contribution is -0.159. The molecule has 2 saturated heterocycles. The molecule has 3 N–H and O–H groups in total. The first-order chi connectivity index (χ1) is 11.5. The van der Waals surface area contributed by atoms with E-state index in [1.165, 1.54) is 0 Å². The summed E-state index contributed by atoms with van der Waals surface area (Å²) in [6.07, 6.45) is 2.40. The van der Waals surface area contributed by atoms with Crippen molar-refractivity contribution in [3.8, 4) is 5.75 Å². The lowest BCUT2D eigenvalue weighted by Crippen LogP contribution is -2.60. The first-order valence-corrected chi connectivity index (χ1v) is 8.62. The van der Waals surface area contributed by atoms with Crippen LogP contribution in [-0.2, 0) is 16.0 Å². The van der Waals surface area contributed by atoms with Gasteiger partial charge in [-0.05, 0) is 44.0 Å². The number of likely N-dealkylation sites (tertiary alicyclic amines) is 1. The summed E-state index contributed by atoms with van der Waals surface area (Å²) in [7, 11) is 2.12. The fourth-order valence-corrected chi connectivity index (χ4v) is 3.57. The maximum atomic E-state index is 12.7. The van der Waals surface area contributed by atoms with E-state index in [-0.39, 0.29) is 17.3 Å². The van der Waals surface area contributed by atoms with Crippen LogP contribution < -0.4 is 5.73 Å². The summed E-state index contributed by atoms with van der Waals surface area (Å²) >= 11 is 0. The largest absolute Gasteiger partial charge is 0.508 e. The number of carbonyl (C=O) groups is 1. The second-order valence-corrected chi connectivity index (χ2v) is 7.07. The number of hydrogen-bond acceptors (Lipinski definition) is 5. The topological polar surface area (TPSA) is 79.0 Å². The van der Waals surface area contributed by atoms with Crippen LogP contribution in [0.5, 0.6) is 5.75 Å². The molecular weight excluding hydrogens is 306 g/mol. The Morgan fingerprint density at radius 2 is 1.96 bits per heavy atom. The number of ether oxygens (including phenoxy) is 1. The molecule has 1 aromatic rings. The predicted molar refractivity (Wildman–Crippen MR) is 91.8 cm³/mol. The van der Waals surface area contributed by atoms with Crippen LogP contribution >= 0.6 is 0 Å². The molecule has 132 valence electrons. The lowest BCUT2D eigenvalue weighted by atomic mass is 9.89. The van der Waals surface area contributed by atoms with Crippen LogP contribution in [0, 0.1) is 0 Å². The zero-order valence-electron chi connectivity index (χ0n) is 14.3. The highest BCUT2D eigenvalue weighted by Gasteiger charge is 2.41. The highest BCUT2D eigenvalue weighted by atomic mass is 16.5. The summed E-state index contributed by atoms with van der Waals surface area (Å²) < 4.78 is 6.06. The van der Waals surface area contributed by atoms with Crippen molar-refractivity contribution in [2.75, 3.05) is 39.8 Å². The van der Waals surface area contributed by atoms with Crippen molar-refractivity contribution in [1.29, 1.82) is 0 Å². The zero-order chi connectivity index (χ0) is 17.2. The molecule has 2 aliphatic heterocycles. The van der Waals surface area contributed by atoms with E-state index in [2.05, 4.69) is 11.9 Å². The predicted octanol–water partition coefficient (Wildman–Crippen LogP) is 0.585. The van der Waals surface area contributed by atoms with E-state index in [1.54, 1.807) is 24.3 Å². The Hall–Kier alpha value is -1.63. The van der Waals surface area contributed by atoms with E-state index >= 15 is 0 Å². The average molecular weight is 333 g/mol. The second-order valence-electron chi connectivity index (χ2n) is 7.07. The molecule has 2 aliphatic rings. The third-order valence-corrected chi connectivity index (χ3v) is 5.17. The van der Waals surface area contributed by atoms with Gasteiger partial charge in [-0.15, -0.1) is 0 Å². The number of amides is 1.